The maximum Gasteiger partial charge on any atom is 0.238 e. The molecule has 0 radical (unpaired) electrons. The molecular weight excluding hydrogens is 202 g/mol. The van der Waals surface area contributed by atoms with Crippen LogP contribution in [-0.2, 0) is 4.79 Å². The second kappa shape index (κ2) is 4.68. The van der Waals surface area contributed by atoms with Gasteiger partial charge in [0.25, 0.3) is 0 Å². The molecule has 0 saturated heterocycles. The van der Waals surface area contributed by atoms with Crippen LogP contribution in [0.25, 0.3) is 0 Å². The molecule has 0 spiro atoms. The summed E-state index contributed by atoms with van der Waals surface area (Å²) in [5.74, 6) is 0.101. The highest BCUT2D eigenvalue weighted by molar-refractivity contribution is 5.84. The predicted molar refractivity (Wildman–Crippen MR) is 62.7 cm³/mol. The average molecular weight is 221 g/mol. The molecule has 0 atom stereocenters. The van der Waals surface area contributed by atoms with Crippen molar-refractivity contribution >= 4 is 5.91 Å². The number of aromatic nitrogens is 2. The Hall–Kier alpha value is -1.32. The van der Waals surface area contributed by atoms with Gasteiger partial charge in [0.15, 0.2) is 0 Å². The first-order chi connectivity index (χ1) is 7.68. The highest BCUT2D eigenvalue weighted by Crippen LogP contribution is 2.22. The number of rotatable bonds is 2. The minimum atomic E-state index is 0.101. The molecule has 1 saturated carbocycles. The van der Waals surface area contributed by atoms with Crippen molar-refractivity contribution in [1.29, 1.82) is 0 Å². The first-order valence-electron chi connectivity index (χ1n) is 5.99. The van der Waals surface area contributed by atoms with Crippen LogP contribution < -0.4 is 5.01 Å². The van der Waals surface area contributed by atoms with Gasteiger partial charge in [-0.3, -0.25) is 4.79 Å². The van der Waals surface area contributed by atoms with Gasteiger partial charge in [-0.05, 0) is 19.8 Å². The molecule has 16 heavy (non-hydrogen) atoms. The Balaban J connectivity index is 2.19. The van der Waals surface area contributed by atoms with Gasteiger partial charge >= 0.3 is 0 Å². The largest absolute Gasteiger partial charge is 0.273 e. The van der Waals surface area contributed by atoms with Gasteiger partial charge in [-0.2, -0.15) is 0 Å². The lowest BCUT2D eigenvalue weighted by Gasteiger charge is -2.33. The lowest BCUT2D eigenvalue weighted by molar-refractivity contribution is -0.118. The van der Waals surface area contributed by atoms with Crippen molar-refractivity contribution in [1.82, 2.24) is 9.66 Å². The molecule has 0 aliphatic heterocycles. The Labute approximate surface area is 96.2 Å². The third-order valence-electron chi connectivity index (χ3n) is 3.19. The molecule has 1 aromatic rings. The second-order valence-corrected chi connectivity index (χ2v) is 4.55. The third-order valence-corrected chi connectivity index (χ3v) is 3.19. The highest BCUT2D eigenvalue weighted by atomic mass is 16.2. The van der Waals surface area contributed by atoms with E-state index in [9.17, 15) is 4.79 Å². The van der Waals surface area contributed by atoms with E-state index >= 15 is 0 Å². The minimum Gasteiger partial charge on any atom is -0.273 e. The van der Waals surface area contributed by atoms with E-state index in [1.54, 1.807) is 13.3 Å². The smallest absolute Gasteiger partial charge is 0.238 e. The summed E-state index contributed by atoms with van der Waals surface area (Å²) in [6, 6.07) is 0.347. The predicted octanol–water partition coefficient (Wildman–Crippen LogP) is 2.01. The Kier molecular flexibility index (Phi) is 3.27. The maximum absolute atomic E-state index is 11.7. The molecule has 1 fully saturated rings. The van der Waals surface area contributed by atoms with Crippen molar-refractivity contribution in [3.8, 4) is 0 Å². The summed E-state index contributed by atoms with van der Waals surface area (Å²) in [5, 5.41) is 1.85. The molecule has 1 amide bonds. The van der Waals surface area contributed by atoms with Gasteiger partial charge in [0.1, 0.15) is 6.33 Å². The maximum atomic E-state index is 11.7. The molecule has 1 aromatic heterocycles. The Morgan fingerprint density at radius 2 is 2.12 bits per heavy atom. The van der Waals surface area contributed by atoms with Gasteiger partial charge in [-0.15, -0.1) is 0 Å². The van der Waals surface area contributed by atoms with E-state index in [1.165, 1.54) is 19.3 Å². The van der Waals surface area contributed by atoms with Gasteiger partial charge in [0, 0.05) is 13.1 Å². The molecule has 0 unspecified atom stereocenters. The summed E-state index contributed by atoms with van der Waals surface area (Å²) in [7, 11) is 0. The molecule has 0 aromatic carbocycles. The normalized spacial score (nSPS) is 17.4. The van der Waals surface area contributed by atoms with Gasteiger partial charge in [0.2, 0.25) is 5.91 Å². The fourth-order valence-electron chi connectivity index (χ4n) is 2.46. The van der Waals surface area contributed by atoms with E-state index in [-0.39, 0.29) is 5.91 Å². The number of aryl methyl sites for hydroxylation is 1. The zero-order chi connectivity index (χ0) is 11.5. The number of nitrogens with zero attached hydrogens (tertiary/aromatic N) is 3. The van der Waals surface area contributed by atoms with Crippen LogP contribution in [0.4, 0.5) is 0 Å². The van der Waals surface area contributed by atoms with Crippen molar-refractivity contribution < 1.29 is 4.79 Å². The molecule has 4 nitrogen and oxygen atoms in total. The van der Waals surface area contributed by atoms with Crippen LogP contribution in [0.3, 0.4) is 0 Å². The third kappa shape index (κ3) is 2.26. The summed E-state index contributed by atoms with van der Waals surface area (Å²) in [5.41, 5.74) is 0.946. The van der Waals surface area contributed by atoms with Crippen LogP contribution in [0.15, 0.2) is 12.5 Å². The summed E-state index contributed by atoms with van der Waals surface area (Å²) in [6.07, 6.45) is 9.60. The fourth-order valence-corrected chi connectivity index (χ4v) is 2.46. The SMILES string of the molecule is CC(=O)N(C1CCCCC1)n1cnc(C)c1. The van der Waals surface area contributed by atoms with E-state index in [2.05, 4.69) is 4.98 Å². The molecule has 0 N–H and O–H groups in total. The minimum absolute atomic E-state index is 0.101. The van der Waals surface area contributed by atoms with E-state index in [4.69, 9.17) is 0 Å². The van der Waals surface area contributed by atoms with E-state index in [0.717, 1.165) is 18.5 Å². The number of carbonyl (C=O) groups is 1. The molecule has 1 aliphatic carbocycles. The van der Waals surface area contributed by atoms with Gasteiger partial charge in [-0.25, -0.2) is 14.7 Å². The lowest BCUT2D eigenvalue weighted by atomic mass is 9.95. The van der Waals surface area contributed by atoms with E-state index < -0.39 is 0 Å². The van der Waals surface area contributed by atoms with Gasteiger partial charge in [-0.1, -0.05) is 19.3 Å². The topological polar surface area (TPSA) is 38.1 Å². The standard InChI is InChI=1S/C12H19N3O/c1-10-8-14(9-13-10)15(11(2)16)12-6-4-3-5-7-12/h8-9,12H,3-7H2,1-2H3. The molecule has 1 heterocycles. The zero-order valence-corrected chi connectivity index (χ0v) is 10.0. The summed E-state index contributed by atoms with van der Waals surface area (Å²) < 4.78 is 1.84. The van der Waals surface area contributed by atoms with Crippen LogP contribution >= 0.6 is 0 Å². The summed E-state index contributed by atoms with van der Waals surface area (Å²) in [6.45, 7) is 3.57. The van der Waals surface area contributed by atoms with Crippen LogP contribution in [-0.4, -0.2) is 21.6 Å². The lowest BCUT2D eigenvalue weighted by Crippen LogP contribution is -2.47. The zero-order valence-electron chi connectivity index (χ0n) is 10.0. The van der Waals surface area contributed by atoms with Crippen LogP contribution in [0.1, 0.15) is 44.7 Å². The monoisotopic (exact) mass is 221 g/mol. The number of imidazole rings is 1. The van der Waals surface area contributed by atoms with Crippen LogP contribution in [0.5, 0.6) is 0 Å². The van der Waals surface area contributed by atoms with Crippen molar-refractivity contribution in [3.63, 3.8) is 0 Å². The Bertz CT molecular complexity index is 366. The van der Waals surface area contributed by atoms with Crippen LogP contribution in [0.2, 0.25) is 0 Å². The van der Waals surface area contributed by atoms with Gasteiger partial charge in [0.05, 0.1) is 11.7 Å². The number of hydrogen-bond acceptors (Lipinski definition) is 2. The fraction of sp³-hybridized carbons (Fsp3) is 0.667. The number of carbonyl (C=O) groups excluding carboxylic acids is 1. The average Bonchev–Trinajstić information content (AvgIpc) is 2.66. The van der Waals surface area contributed by atoms with Crippen molar-refractivity contribution in [3.05, 3.63) is 18.2 Å². The molecular formula is C12H19N3O. The summed E-state index contributed by atoms with van der Waals surface area (Å²) in [4.78, 5) is 15.9. The number of hydrogen-bond donors (Lipinski definition) is 0. The molecule has 1 aliphatic rings. The van der Waals surface area contributed by atoms with Crippen molar-refractivity contribution in [2.75, 3.05) is 5.01 Å². The van der Waals surface area contributed by atoms with Crippen LogP contribution in [0, 0.1) is 6.92 Å². The molecule has 0 bridgehead atoms. The Morgan fingerprint density at radius 1 is 1.44 bits per heavy atom. The van der Waals surface area contributed by atoms with E-state index in [1.807, 2.05) is 22.8 Å². The summed E-state index contributed by atoms with van der Waals surface area (Å²) >= 11 is 0. The highest BCUT2D eigenvalue weighted by Gasteiger charge is 2.24. The van der Waals surface area contributed by atoms with Crippen molar-refractivity contribution in [2.24, 2.45) is 0 Å². The first kappa shape index (κ1) is 11.2. The van der Waals surface area contributed by atoms with E-state index in [0.29, 0.717) is 6.04 Å². The van der Waals surface area contributed by atoms with Gasteiger partial charge < -0.3 is 0 Å². The first-order valence-corrected chi connectivity index (χ1v) is 5.99. The second-order valence-electron chi connectivity index (χ2n) is 4.55. The molecule has 2 rings (SSSR count). The van der Waals surface area contributed by atoms with Crippen molar-refractivity contribution in [2.45, 2.75) is 52.0 Å². The number of amides is 1. The molecule has 4 heteroatoms. The molecule has 88 valence electrons. The Morgan fingerprint density at radius 3 is 2.62 bits per heavy atom. The quantitative estimate of drug-likeness (QED) is 0.766.